The molecule has 0 saturated carbocycles. The maximum atomic E-state index is 13.6. The van der Waals surface area contributed by atoms with E-state index in [2.05, 4.69) is 123 Å². The van der Waals surface area contributed by atoms with E-state index in [0.717, 1.165) is 128 Å². The van der Waals surface area contributed by atoms with Gasteiger partial charge in [-0.05, 0) is 115 Å². The lowest BCUT2D eigenvalue weighted by Crippen LogP contribution is -2.47. The molecule has 0 aliphatic carbocycles. The maximum Gasteiger partial charge on any atom is 0.472 e. The van der Waals surface area contributed by atoms with E-state index in [9.17, 15) is 19.0 Å². The van der Waals surface area contributed by atoms with Crippen LogP contribution in [0.3, 0.4) is 0 Å². The molecule has 0 aromatic heterocycles. The van der Waals surface area contributed by atoms with Crippen LogP contribution in [0.5, 0.6) is 0 Å². The van der Waals surface area contributed by atoms with E-state index in [-0.39, 0.29) is 31.5 Å². The van der Waals surface area contributed by atoms with E-state index in [1.165, 1.54) is 122 Å². The van der Waals surface area contributed by atoms with Gasteiger partial charge >= 0.3 is 13.8 Å². The van der Waals surface area contributed by atoms with Crippen molar-refractivity contribution in [1.29, 1.82) is 0 Å². The Balaban J connectivity index is 5.20. The number of allylic oxidation sites excluding steroid dienone is 17. The van der Waals surface area contributed by atoms with Gasteiger partial charge < -0.3 is 19.4 Å². The molecule has 0 rings (SSSR count). The topological polar surface area (TPSA) is 111 Å². The Kier molecular flexibility index (Phi) is 58.3. The number of phosphoric acid groups is 1. The van der Waals surface area contributed by atoms with Gasteiger partial charge in [-0.3, -0.25) is 18.6 Å². The first-order valence-corrected chi connectivity index (χ1v) is 35.2. The van der Waals surface area contributed by atoms with Crippen molar-refractivity contribution in [1.82, 2.24) is 5.32 Å². The number of unbranched alkanes of at least 4 members (excludes halogenated alkanes) is 28. The monoisotopic (exact) mass is 1160 g/mol. The van der Waals surface area contributed by atoms with E-state index in [1.54, 1.807) is 0 Å². The minimum atomic E-state index is -4.46. The lowest BCUT2D eigenvalue weighted by Gasteiger charge is -2.27. The molecule has 472 valence electrons. The highest BCUT2D eigenvalue weighted by atomic mass is 31.2. The molecule has 0 fully saturated rings. The van der Waals surface area contributed by atoms with Gasteiger partial charge in [0, 0.05) is 12.8 Å². The van der Waals surface area contributed by atoms with Crippen molar-refractivity contribution in [3.63, 3.8) is 0 Å². The summed E-state index contributed by atoms with van der Waals surface area (Å²) in [6.45, 7) is 6.86. The van der Waals surface area contributed by atoms with E-state index in [4.69, 9.17) is 13.8 Å². The molecule has 0 heterocycles. The van der Waals surface area contributed by atoms with Gasteiger partial charge in [-0.1, -0.05) is 265 Å². The van der Waals surface area contributed by atoms with Crippen LogP contribution >= 0.6 is 7.82 Å². The zero-order chi connectivity index (χ0) is 60.0. The van der Waals surface area contributed by atoms with E-state index < -0.39 is 20.0 Å². The number of carbonyl (C=O) groups excluding carboxylic acids is 2. The maximum absolute atomic E-state index is 13.6. The first-order chi connectivity index (χ1) is 39.9. The number of rotatable bonds is 60. The number of hydrogen-bond donors (Lipinski definition) is 2. The summed E-state index contributed by atoms with van der Waals surface area (Å²) in [4.78, 5) is 37.8. The first kappa shape index (κ1) is 78.7. The third kappa shape index (κ3) is 61.2. The summed E-state index contributed by atoms with van der Waals surface area (Å²) in [5.41, 5.74) is 0. The van der Waals surface area contributed by atoms with Gasteiger partial charge in [-0.25, -0.2) is 4.57 Å². The molecule has 9 nitrogen and oxygen atoms in total. The number of nitrogens with one attached hydrogen (secondary N) is 1. The minimum Gasteiger partial charge on any atom is -0.456 e. The second-order valence-electron chi connectivity index (χ2n) is 23.6. The highest BCUT2D eigenvalue weighted by Gasteiger charge is 2.30. The van der Waals surface area contributed by atoms with Crippen molar-refractivity contribution in [3.8, 4) is 0 Å². The number of quaternary nitrogens is 1. The third-order valence-electron chi connectivity index (χ3n) is 14.4. The van der Waals surface area contributed by atoms with Gasteiger partial charge in [0.05, 0.1) is 33.8 Å². The molecule has 0 aliphatic heterocycles. The van der Waals surface area contributed by atoms with E-state index in [0.29, 0.717) is 17.4 Å². The van der Waals surface area contributed by atoms with Crippen LogP contribution < -0.4 is 5.32 Å². The van der Waals surface area contributed by atoms with Crippen LogP contribution in [0, 0.1) is 0 Å². The molecule has 82 heavy (non-hydrogen) atoms. The Hall–Kier alpha value is -3.33. The van der Waals surface area contributed by atoms with Crippen molar-refractivity contribution in [3.05, 3.63) is 109 Å². The zero-order valence-electron chi connectivity index (χ0n) is 54.0. The summed E-state index contributed by atoms with van der Waals surface area (Å²) < 4.78 is 30.8. The molecule has 3 unspecified atom stereocenters. The zero-order valence-corrected chi connectivity index (χ0v) is 54.8. The molecule has 3 atom stereocenters. The Morgan fingerprint density at radius 3 is 1.20 bits per heavy atom. The average Bonchev–Trinajstić information content (AvgIpc) is 3.47. The van der Waals surface area contributed by atoms with Crippen LogP contribution in [0.4, 0.5) is 0 Å². The molecular weight excluding hydrogens is 1040 g/mol. The molecule has 0 saturated heterocycles. The number of hydrogen-bond acceptors (Lipinski definition) is 6. The summed E-state index contributed by atoms with van der Waals surface area (Å²) in [7, 11) is 1.47. The molecular formula is C72H128N2O7P+. The normalized spacial score (nSPS) is 14.3. The molecule has 0 aromatic carbocycles. The molecule has 1 amide bonds. The van der Waals surface area contributed by atoms with Crippen LogP contribution in [0.25, 0.3) is 0 Å². The largest absolute Gasteiger partial charge is 0.472 e. The van der Waals surface area contributed by atoms with Gasteiger partial charge in [0.25, 0.3) is 0 Å². The number of phosphoric ester groups is 1. The Morgan fingerprint density at radius 1 is 0.439 bits per heavy atom. The fourth-order valence-corrected chi connectivity index (χ4v) is 10.0. The second-order valence-corrected chi connectivity index (χ2v) is 25.1. The third-order valence-corrected chi connectivity index (χ3v) is 15.4. The number of nitrogens with zero attached hydrogens (tertiary/aromatic N) is 1. The average molecular weight is 1160 g/mol. The molecule has 0 aromatic rings. The number of carbonyl (C=O) groups is 2. The predicted octanol–water partition coefficient (Wildman–Crippen LogP) is 21.3. The SMILES string of the molecule is CC/C=C\C/C=C\C/C=C\C/C=C\C/C=C\CCCCCCCCCC(=O)NC(COP(=O)(O)OCC[N+](C)(C)C)C(/C=C/CCCCCCCCCCCC)OC(=O)CCCCCCCCCC/C=C\C/C=C\C/C=C\CCCCC. The molecule has 10 heteroatoms. The minimum absolute atomic E-state index is 0.0314. The van der Waals surface area contributed by atoms with Crippen LogP contribution in [0.1, 0.15) is 284 Å². The van der Waals surface area contributed by atoms with Gasteiger partial charge in [-0.2, -0.15) is 0 Å². The molecule has 0 aliphatic rings. The van der Waals surface area contributed by atoms with E-state index >= 15 is 0 Å². The summed E-state index contributed by atoms with van der Waals surface area (Å²) in [5.74, 6) is -0.528. The lowest BCUT2D eigenvalue weighted by atomic mass is 10.0. The van der Waals surface area contributed by atoms with E-state index in [1.807, 2.05) is 33.3 Å². The highest BCUT2D eigenvalue weighted by Crippen LogP contribution is 2.43. The van der Waals surface area contributed by atoms with Gasteiger partial charge in [0.2, 0.25) is 5.91 Å². The number of esters is 1. The highest BCUT2D eigenvalue weighted by molar-refractivity contribution is 7.47. The number of ether oxygens (including phenoxy) is 1. The standard InChI is InChI=1S/C72H127N2O7P/c1-7-10-13-16-19-22-25-28-30-32-34-36-37-39-40-42-44-46-49-52-55-58-61-64-71(75)73-69(68-80-82(77,78)79-67-66-74(4,5)6)70(63-60-57-54-51-48-27-24-21-18-15-12-9-3)81-72(76)65-62-59-56-53-50-47-45-43-41-38-35-33-31-29-26-23-20-17-14-11-8-2/h10,13,19-20,22-23,28-31,34-36,38-40,60,63,69-70H,7-9,11-12,14-18,21,24-27,32-33,37,41-59,61-62,64-68H2,1-6H3,(H-,73,75,77,78)/p+1/b13-10-,22-19-,23-20-,30-28-,31-29-,36-34-,38-35-,40-39-,63-60+. The Morgan fingerprint density at radius 2 is 0.780 bits per heavy atom. The summed E-state index contributed by atoms with van der Waals surface area (Å²) in [6.07, 6.45) is 83.7. The molecule has 2 N–H and O–H groups in total. The number of amides is 1. The Labute approximate surface area is 506 Å². The first-order valence-electron chi connectivity index (χ1n) is 33.7. The lowest BCUT2D eigenvalue weighted by molar-refractivity contribution is -0.870. The van der Waals surface area contributed by atoms with Crippen molar-refractivity contribution < 1.29 is 37.3 Å². The summed E-state index contributed by atoms with van der Waals surface area (Å²) in [5, 5.41) is 3.06. The van der Waals surface area contributed by atoms with Gasteiger partial charge in [0.15, 0.2) is 0 Å². The Bertz CT molecular complexity index is 1770. The van der Waals surface area contributed by atoms with Crippen LogP contribution in [-0.4, -0.2) is 74.3 Å². The molecule has 0 spiro atoms. The molecule has 0 radical (unpaired) electrons. The van der Waals surface area contributed by atoms with Gasteiger partial charge in [-0.15, -0.1) is 0 Å². The fraction of sp³-hybridized carbons (Fsp3) is 0.722. The van der Waals surface area contributed by atoms with Crippen molar-refractivity contribution in [2.75, 3.05) is 40.9 Å². The second kappa shape index (κ2) is 60.8. The summed E-state index contributed by atoms with van der Waals surface area (Å²) >= 11 is 0. The summed E-state index contributed by atoms with van der Waals surface area (Å²) in [6, 6.07) is -0.865. The van der Waals surface area contributed by atoms with Crippen molar-refractivity contribution in [2.24, 2.45) is 0 Å². The fourth-order valence-electron chi connectivity index (χ4n) is 9.27. The van der Waals surface area contributed by atoms with Crippen LogP contribution in [0.15, 0.2) is 109 Å². The molecule has 0 bridgehead atoms. The number of likely N-dealkylation sites (N-methyl/N-ethyl adjacent to an activating group) is 1. The smallest absolute Gasteiger partial charge is 0.456 e. The van der Waals surface area contributed by atoms with Crippen molar-refractivity contribution in [2.45, 2.75) is 296 Å². The van der Waals surface area contributed by atoms with Crippen LogP contribution in [-0.2, 0) is 27.9 Å². The quantitative estimate of drug-likeness (QED) is 0.0205. The van der Waals surface area contributed by atoms with Crippen LogP contribution in [0.2, 0.25) is 0 Å². The predicted molar refractivity (Wildman–Crippen MR) is 355 cm³/mol. The van der Waals surface area contributed by atoms with Crippen molar-refractivity contribution >= 4 is 19.7 Å². The van der Waals surface area contributed by atoms with Gasteiger partial charge in [0.1, 0.15) is 19.3 Å².